The van der Waals surface area contributed by atoms with Crippen molar-refractivity contribution in [3.05, 3.63) is 28.8 Å². The number of nitrogens with one attached hydrogen (secondary N) is 1. The van der Waals surface area contributed by atoms with E-state index in [2.05, 4.69) is 5.32 Å². The summed E-state index contributed by atoms with van der Waals surface area (Å²) in [5, 5.41) is 12.2. The molecule has 1 N–H and O–H groups in total. The summed E-state index contributed by atoms with van der Waals surface area (Å²) in [5.74, 6) is 0.167. The minimum Gasteiger partial charge on any atom is -0.326 e. The lowest BCUT2D eigenvalue weighted by Gasteiger charge is -2.20. The predicted octanol–water partition coefficient (Wildman–Crippen LogP) is 3.73. The maximum absolute atomic E-state index is 12.0. The van der Waals surface area contributed by atoms with Gasteiger partial charge in [0.2, 0.25) is 5.91 Å². The van der Waals surface area contributed by atoms with Crippen molar-refractivity contribution in [3.63, 3.8) is 0 Å². The third kappa shape index (κ3) is 3.02. The molecule has 1 fully saturated rings. The van der Waals surface area contributed by atoms with Crippen molar-refractivity contribution in [1.29, 1.82) is 5.26 Å². The first-order valence-corrected chi connectivity index (χ1v) is 6.59. The summed E-state index contributed by atoms with van der Waals surface area (Å²) in [6.45, 7) is 0. The van der Waals surface area contributed by atoms with Crippen LogP contribution < -0.4 is 5.32 Å². The van der Waals surface area contributed by atoms with E-state index in [-0.39, 0.29) is 11.8 Å². The number of hydrogen-bond acceptors (Lipinski definition) is 2. The summed E-state index contributed by atoms with van der Waals surface area (Å²) in [5.41, 5.74) is 1.03. The van der Waals surface area contributed by atoms with Gasteiger partial charge in [-0.1, -0.05) is 30.9 Å². The van der Waals surface area contributed by atoms with E-state index in [1.54, 1.807) is 18.2 Å². The second kappa shape index (κ2) is 5.88. The maximum Gasteiger partial charge on any atom is 0.227 e. The molecule has 0 spiro atoms. The molecule has 0 aromatic heterocycles. The number of carbonyl (C=O) groups is 1. The second-order valence-corrected chi connectivity index (χ2v) is 5.04. The molecular formula is C14H15ClN2O. The van der Waals surface area contributed by atoms with E-state index < -0.39 is 0 Å². The molecule has 1 aromatic carbocycles. The molecule has 1 aliphatic rings. The van der Waals surface area contributed by atoms with Crippen LogP contribution >= 0.6 is 11.6 Å². The van der Waals surface area contributed by atoms with Crippen molar-refractivity contribution in [1.82, 2.24) is 0 Å². The van der Waals surface area contributed by atoms with Crippen LogP contribution in [0.4, 0.5) is 5.69 Å². The molecule has 4 heteroatoms. The molecule has 2 rings (SSSR count). The van der Waals surface area contributed by atoms with Gasteiger partial charge in [0.05, 0.1) is 10.6 Å². The molecule has 0 bridgehead atoms. The summed E-state index contributed by atoms with van der Waals surface area (Å²) >= 11 is 5.85. The molecule has 0 heterocycles. The topological polar surface area (TPSA) is 52.9 Å². The number of amides is 1. The molecule has 0 radical (unpaired) electrons. The molecule has 0 atom stereocenters. The quantitative estimate of drug-likeness (QED) is 0.883. The zero-order chi connectivity index (χ0) is 13.0. The van der Waals surface area contributed by atoms with E-state index in [1.165, 1.54) is 6.42 Å². The minimum atomic E-state index is 0.0564. The number of nitriles is 1. The van der Waals surface area contributed by atoms with Gasteiger partial charge in [-0.3, -0.25) is 4.79 Å². The third-order valence-electron chi connectivity index (χ3n) is 3.33. The van der Waals surface area contributed by atoms with Crippen LogP contribution in [0.3, 0.4) is 0 Å². The molecule has 0 saturated heterocycles. The van der Waals surface area contributed by atoms with Crippen molar-refractivity contribution in [2.75, 3.05) is 5.32 Å². The molecule has 18 heavy (non-hydrogen) atoms. The number of halogens is 1. The van der Waals surface area contributed by atoms with Gasteiger partial charge in [0.1, 0.15) is 6.07 Å². The SMILES string of the molecule is N#Cc1cc(NC(=O)C2CCCCC2)ccc1Cl. The van der Waals surface area contributed by atoms with Gasteiger partial charge in [0.25, 0.3) is 0 Å². The molecule has 1 aromatic rings. The molecule has 0 aliphatic heterocycles. The number of rotatable bonds is 2. The van der Waals surface area contributed by atoms with Crippen molar-refractivity contribution < 1.29 is 4.79 Å². The summed E-state index contributed by atoms with van der Waals surface area (Å²) in [7, 11) is 0. The lowest BCUT2D eigenvalue weighted by Crippen LogP contribution is -2.24. The van der Waals surface area contributed by atoms with E-state index in [4.69, 9.17) is 16.9 Å². The average molecular weight is 263 g/mol. The Morgan fingerprint density at radius 3 is 2.72 bits per heavy atom. The van der Waals surface area contributed by atoms with Gasteiger partial charge in [0.15, 0.2) is 0 Å². The largest absolute Gasteiger partial charge is 0.326 e. The number of anilines is 1. The van der Waals surface area contributed by atoms with Crippen molar-refractivity contribution in [3.8, 4) is 6.07 Å². The predicted molar refractivity (Wildman–Crippen MR) is 71.4 cm³/mol. The van der Waals surface area contributed by atoms with Gasteiger partial charge in [-0.25, -0.2) is 0 Å². The second-order valence-electron chi connectivity index (χ2n) is 4.63. The zero-order valence-corrected chi connectivity index (χ0v) is 10.8. The van der Waals surface area contributed by atoms with E-state index in [9.17, 15) is 4.79 Å². The van der Waals surface area contributed by atoms with Crippen LogP contribution in [0, 0.1) is 17.2 Å². The molecule has 94 valence electrons. The highest BCUT2D eigenvalue weighted by atomic mass is 35.5. The number of benzene rings is 1. The molecule has 1 saturated carbocycles. The molecule has 1 amide bonds. The smallest absolute Gasteiger partial charge is 0.227 e. The normalized spacial score (nSPS) is 16.0. The zero-order valence-electron chi connectivity index (χ0n) is 10.1. The van der Waals surface area contributed by atoms with Gasteiger partial charge in [-0.2, -0.15) is 5.26 Å². The van der Waals surface area contributed by atoms with Crippen molar-refractivity contribution >= 4 is 23.2 Å². The summed E-state index contributed by atoms with van der Waals surface area (Å²) in [6, 6.07) is 6.98. The highest BCUT2D eigenvalue weighted by Gasteiger charge is 2.21. The Bertz CT molecular complexity index is 487. The highest BCUT2D eigenvalue weighted by molar-refractivity contribution is 6.31. The molecular weight excluding hydrogens is 248 g/mol. The van der Waals surface area contributed by atoms with Gasteiger partial charge in [-0.05, 0) is 31.0 Å². The van der Waals surface area contributed by atoms with Crippen LogP contribution in [-0.4, -0.2) is 5.91 Å². The summed E-state index contributed by atoms with van der Waals surface area (Å²) in [4.78, 5) is 12.0. The fraction of sp³-hybridized carbons (Fsp3) is 0.429. The Labute approximate surface area is 112 Å². The maximum atomic E-state index is 12.0. The Balaban J connectivity index is 2.05. The van der Waals surface area contributed by atoms with Gasteiger partial charge in [0, 0.05) is 11.6 Å². The van der Waals surface area contributed by atoms with Crippen LogP contribution in [0.2, 0.25) is 5.02 Å². The van der Waals surface area contributed by atoms with Crippen molar-refractivity contribution in [2.24, 2.45) is 5.92 Å². The molecule has 0 unspecified atom stereocenters. The fourth-order valence-corrected chi connectivity index (χ4v) is 2.46. The average Bonchev–Trinajstić information content (AvgIpc) is 2.42. The highest BCUT2D eigenvalue weighted by Crippen LogP contribution is 2.26. The van der Waals surface area contributed by atoms with Gasteiger partial charge in [-0.15, -0.1) is 0 Å². The Kier molecular flexibility index (Phi) is 4.22. The lowest BCUT2D eigenvalue weighted by atomic mass is 9.88. The molecule has 1 aliphatic carbocycles. The van der Waals surface area contributed by atoms with Crippen LogP contribution in [0.25, 0.3) is 0 Å². The van der Waals surface area contributed by atoms with Crippen LogP contribution in [-0.2, 0) is 4.79 Å². The van der Waals surface area contributed by atoms with Crippen LogP contribution in [0.1, 0.15) is 37.7 Å². The summed E-state index contributed by atoms with van der Waals surface area (Å²) in [6.07, 6.45) is 5.41. The van der Waals surface area contributed by atoms with E-state index in [0.717, 1.165) is 25.7 Å². The van der Waals surface area contributed by atoms with E-state index in [0.29, 0.717) is 16.3 Å². The first-order chi connectivity index (χ1) is 8.70. The monoisotopic (exact) mass is 262 g/mol. The number of carbonyl (C=O) groups excluding carboxylic acids is 1. The van der Waals surface area contributed by atoms with E-state index in [1.807, 2.05) is 6.07 Å². The third-order valence-corrected chi connectivity index (χ3v) is 3.66. The van der Waals surface area contributed by atoms with E-state index >= 15 is 0 Å². The first kappa shape index (κ1) is 12.9. The minimum absolute atomic E-state index is 0.0564. The number of hydrogen-bond donors (Lipinski definition) is 1. The van der Waals surface area contributed by atoms with Crippen LogP contribution in [0.5, 0.6) is 0 Å². The van der Waals surface area contributed by atoms with Gasteiger partial charge >= 0.3 is 0 Å². The number of nitrogens with zero attached hydrogens (tertiary/aromatic N) is 1. The fourth-order valence-electron chi connectivity index (χ4n) is 2.30. The Hall–Kier alpha value is -1.53. The van der Waals surface area contributed by atoms with Gasteiger partial charge < -0.3 is 5.32 Å². The summed E-state index contributed by atoms with van der Waals surface area (Å²) < 4.78 is 0. The van der Waals surface area contributed by atoms with Crippen molar-refractivity contribution in [2.45, 2.75) is 32.1 Å². The van der Waals surface area contributed by atoms with Crippen LogP contribution in [0.15, 0.2) is 18.2 Å². The Morgan fingerprint density at radius 2 is 2.06 bits per heavy atom. The first-order valence-electron chi connectivity index (χ1n) is 6.21. The standard InChI is InChI=1S/C14H15ClN2O/c15-13-7-6-12(8-11(13)9-16)17-14(18)10-4-2-1-3-5-10/h6-8,10H,1-5H2,(H,17,18). The lowest BCUT2D eigenvalue weighted by molar-refractivity contribution is -0.120. The molecule has 3 nitrogen and oxygen atoms in total. The Morgan fingerprint density at radius 1 is 1.33 bits per heavy atom.